The van der Waals surface area contributed by atoms with E-state index >= 15 is 0 Å². The molecule has 0 spiro atoms. The van der Waals surface area contributed by atoms with Gasteiger partial charge in [0, 0.05) is 42.2 Å². The molecule has 294 valence electrons. The van der Waals surface area contributed by atoms with E-state index in [4.69, 9.17) is 4.42 Å². The first-order valence-corrected chi connectivity index (χ1v) is 22.3. The highest BCUT2D eigenvalue weighted by Gasteiger charge is 2.24. The van der Waals surface area contributed by atoms with Crippen molar-refractivity contribution in [3.63, 3.8) is 0 Å². The van der Waals surface area contributed by atoms with Gasteiger partial charge >= 0.3 is 0 Å². The van der Waals surface area contributed by atoms with E-state index in [9.17, 15) is 0 Å². The third-order valence-electron chi connectivity index (χ3n) is 12.9. The van der Waals surface area contributed by atoms with Crippen molar-refractivity contribution in [2.75, 3.05) is 4.90 Å². The van der Waals surface area contributed by atoms with Crippen LogP contribution in [0.2, 0.25) is 0 Å². The minimum absolute atomic E-state index is 0.868. The Morgan fingerprint density at radius 3 is 1.84 bits per heavy atom. The number of fused-ring (bicyclic) bond motifs is 10. The monoisotopic (exact) mass is 819 g/mol. The van der Waals surface area contributed by atoms with Crippen molar-refractivity contribution >= 4 is 103 Å². The quantitative estimate of drug-likeness (QED) is 0.155. The topological polar surface area (TPSA) is 16.4 Å². The number of rotatable bonds is 6. The van der Waals surface area contributed by atoms with Gasteiger partial charge in [-0.15, -0.1) is 11.3 Å². The molecule has 11 aromatic carbocycles. The predicted octanol–water partition coefficient (Wildman–Crippen LogP) is 17.9. The van der Waals surface area contributed by atoms with E-state index in [2.05, 4.69) is 229 Å². The fraction of sp³-hybridized carbons (Fsp3) is 0. The lowest BCUT2D eigenvalue weighted by Gasteiger charge is -2.28. The Bertz CT molecular complexity index is 3910. The van der Waals surface area contributed by atoms with E-state index in [1.165, 1.54) is 74.7 Å². The van der Waals surface area contributed by atoms with Gasteiger partial charge in [0.05, 0.1) is 16.8 Å². The van der Waals surface area contributed by atoms with E-state index in [1.807, 2.05) is 11.3 Å². The molecule has 3 heteroatoms. The number of hydrogen-bond acceptors (Lipinski definition) is 3. The maximum absolute atomic E-state index is 6.95. The van der Waals surface area contributed by atoms with Gasteiger partial charge in [-0.25, -0.2) is 0 Å². The van der Waals surface area contributed by atoms with Crippen LogP contribution < -0.4 is 4.90 Å². The minimum atomic E-state index is 0.868. The lowest BCUT2D eigenvalue weighted by Crippen LogP contribution is -2.11. The molecular formula is C60H37NOS. The van der Waals surface area contributed by atoms with Gasteiger partial charge in [-0.2, -0.15) is 0 Å². The second-order valence-corrected chi connectivity index (χ2v) is 17.4. The van der Waals surface area contributed by atoms with Gasteiger partial charge < -0.3 is 9.32 Å². The van der Waals surface area contributed by atoms with Crippen molar-refractivity contribution in [2.45, 2.75) is 0 Å². The Hall–Kier alpha value is -7.98. The number of hydrogen-bond donors (Lipinski definition) is 0. The highest BCUT2D eigenvalue weighted by atomic mass is 32.1. The molecule has 0 aliphatic heterocycles. The number of furan rings is 1. The van der Waals surface area contributed by atoms with Crippen molar-refractivity contribution in [3.8, 4) is 33.4 Å². The average molecular weight is 820 g/mol. The molecule has 0 unspecified atom stereocenters. The molecule has 13 rings (SSSR count). The van der Waals surface area contributed by atoms with E-state index < -0.39 is 0 Å². The summed E-state index contributed by atoms with van der Waals surface area (Å²) in [6.07, 6.45) is 0. The number of para-hydroxylation sites is 1. The predicted molar refractivity (Wildman–Crippen MR) is 270 cm³/mol. The Morgan fingerprint density at radius 2 is 0.968 bits per heavy atom. The lowest BCUT2D eigenvalue weighted by molar-refractivity contribution is 0.670. The summed E-state index contributed by atoms with van der Waals surface area (Å²) < 4.78 is 9.56. The summed E-state index contributed by atoms with van der Waals surface area (Å²) in [6.45, 7) is 0. The molecule has 0 amide bonds. The van der Waals surface area contributed by atoms with Gasteiger partial charge in [0.2, 0.25) is 0 Å². The van der Waals surface area contributed by atoms with Gasteiger partial charge in [-0.3, -0.25) is 0 Å². The molecule has 0 atom stereocenters. The minimum Gasteiger partial charge on any atom is -0.455 e. The second-order valence-electron chi connectivity index (χ2n) is 16.3. The summed E-state index contributed by atoms with van der Waals surface area (Å²) in [5, 5.41) is 12.0. The lowest BCUT2D eigenvalue weighted by atomic mass is 9.95. The largest absolute Gasteiger partial charge is 0.455 e. The number of nitrogens with zero attached hydrogens (tertiary/aromatic N) is 1. The first-order valence-electron chi connectivity index (χ1n) is 21.5. The third-order valence-corrected chi connectivity index (χ3v) is 14.1. The zero-order valence-corrected chi connectivity index (χ0v) is 34.9. The smallest absolute Gasteiger partial charge is 0.145 e. The van der Waals surface area contributed by atoms with Crippen LogP contribution in [0.4, 0.5) is 17.1 Å². The standard InChI is InChI=1S/C60H37NOS/c1-2-14-39(15-3-1)46-23-11-26-52-57-45(22-13-29-56(57)63-60(46)52)41-30-33-42(34-31-41)61(53-27-12-25-47-44-20-7-5-17-40(44)32-35-49(47)53)54-37-36-50(48-24-10-18-38-16-4-6-19-43(38)48)59-58(54)51-21-8-9-28-55(51)62-59/h1-37H. The van der Waals surface area contributed by atoms with Crippen LogP contribution in [-0.4, -0.2) is 0 Å². The van der Waals surface area contributed by atoms with Crippen molar-refractivity contribution in [1.29, 1.82) is 0 Å². The van der Waals surface area contributed by atoms with Crippen LogP contribution in [-0.2, 0) is 0 Å². The molecule has 0 bridgehead atoms. The molecule has 0 saturated carbocycles. The van der Waals surface area contributed by atoms with E-state index in [1.54, 1.807) is 0 Å². The Kier molecular flexibility index (Phi) is 8.12. The summed E-state index contributed by atoms with van der Waals surface area (Å²) >= 11 is 1.88. The van der Waals surface area contributed by atoms with E-state index in [0.717, 1.165) is 50.1 Å². The molecule has 2 nitrogen and oxygen atoms in total. The van der Waals surface area contributed by atoms with Gasteiger partial charge in [-0.05, 0) is 97.2 Å². The molecule has 0 N–H and O–H groups in total. The molecule has 0 aliphatic rings. The molecule has 2 heterocycles. The van der Waals surface area contributed by atoms with E-state index in [-0.39, 0.29) is 0 Å². The third kappa shape index (κ3) is 5.64. The summed E-state index contributed by atoms with van der Waals surface area (Å²) in [5.41, 5.74) is 12.2. The normalized spacial score (nSPS) is 11.8. The molecule has 63 heavy (non-hydrogen) atoms. The van der Waals surface area contributed by atoms with Gasteiger partial charge in [0.15, 0.2) is 0 Å². The van der Waals surface area contributed by atoms with Crippen molar-refractivity contribution in [1.82, 2.24) is 0 Å². The van der Waals surface area contributed by atoms with Crippen LogP contribution >= 0.6 is 11.3 Å². The summed E-state index contributed by atoms with van der Waals surface area (Å²) in [4.78, 5) is 2.45. The molecule has 0 fully saturated rings. The van der Waals surface area contributed by atoms with Crippen molar-refractivity contribution in [3.05, 3.63) is 224 Å². The van der Waals surface area contributed by atoms with Crippen LogP contribution in [0.1, 0.15) is 0 Å². The molecular weight excluding hydrogens is 783 g/mol. The highest BCUT2D eigenvalue weighted by molar-refractivity contribution is 7.26. The molecule has 0 aliphatic carbocycles. The van der Waals surface area contributed by atoms with Crippen LogP contribution in [0.3, 0.4) is 0 Å². The van der Waals surface area contributed by atoms with Gasteiger partial charge in [0.25, 0.3) is 0 Å². The van der Waals surface area contributed by atoms with Crippen molar-refractivity contribution in [2.24, 2.45) is 0 Å². The highest BCUT2D eigenvalue weighted by Crippen LogP contribution is 2.50. The van der Waals surface area contributed by atoms with Crippen LogP contribution in [0.15, 0.2) is 229 Å². The zero-order valence-electron chi connectivity index (χ0n) is 34.1. The van der Waals surface area contributed by atoms with Gasteiger partial charge in [-0.1, -0.05) is 182 Å². The Morgan fingerprint density at radius 1 is 0.333 bits per heavy atom. The Balaban J connectivity index is 1.04. The maximum Gasteiger partial charge on any atom is 0.145 e. The van der Waals surface area contributed by atoms with Crippen LogP contribution in [0, 0.1) is 0 Å². The molecule has 0 radical (unpaired) electrons. The maximum atomic E-state index is 6.95. The Labute approximate surface area is 368 Å². The summed E-state index contributed by atoms with van der Waals surface area (Å²) in [7, 11) is 0. The van der Waals surface area contributed by atoms with Crippen molar-refractivity contribution < 1.29 is 4.42 Å². The fourth-order valence-electron chi connectivity index (χ4n) is 10.0. The second kappa shape index (κ2) is 14.3. The number of thiophene rings is 1. The fourth-order valence-corrected chi connectivity index (χ4v) is 11.3. The van der Waals surface area contributed by atoms with Crippen LogP contribution in [0.5, 0.6) is 0 Å². The van der Waals surface area contributed by atoms with E-state index in [0.29, 0.717) is 0 Å². The molecule has 0 saturated heterocycles. The van der Waals surface area contributed by atoms with Gasteiger partial charge in [0.1, 0.15) is 11.2 Å². The number of benzene rings is 11. The van der Waals surface area contributed by atoms with Crippen LogP contribution in [0.25, 0.3) is 108 Å². The zero-order chi connectivity index (χ0) is 41.4. The number of anilines is 3. The molecule has 2 aromatic heterocycles. The average Bonchev–Trinajstić information content (AvgIpc) is 3.94. The first kappa shape index (κ1) is 35.7. The summed E-state index contributed by atoms with van der Waals surface area (Å²) in [5.74, 6) is 0. The first-order chi connectivity index (χ1) is 31.3. The molecule has 13 aromatic rings. The summed E-state index contributed by atoms with van der Waals surface area (Å²) in [6, 6.07) is 81.6. The SMILES string of the molecule is c1ccc(-c2cccc3c2sc2cccc(-c4ccc(N(c5cccc6c5ccc5ccccc56)c5ccc(-c6cccc7ccccc67)c6oc7ccccc7c56)cc4)c23)cc1.